The van der Waals surface area contributed by atoms with Crippen molar-refractivity contribution in [2.75, 3.05) is 6.54 Å². The molecule has 174 valence electrons. The molecule has 0 radical (unpaired) electrons. The molecular formula is C27H32ClN3O2. The highest BCUT2D eigenvalue weighted by Crippen LogP contribution is 2.25. The lowest BCUT2D eigenvalue weighted by atomic mass is 9.90. The first-order valence-electron chi connectivity index (χ1n) is 11.1. The number of nitrogens with one attached hydrogen (secondary N) is 2. The summed E-state index contributed by atoms with van der Waals surface area (Å²) in [6.07, 6.45) is 1.12. The average molecular weight is 466 g/mol. The van der Waals surface area contributed by atoms with Gasteiger partial charge in [0.05, 0.1) is 12.0 Å². The first kappa shape index (κ1) is 26.1. The van der Waals surface area contributed by atoms with Crippen molar-refractivity contribution < 1.29 is 9.59 Å². The normalized spacial score (nSPS) is 12.3. The Balaban J connectivity index is 0.00000385. The highest BCUT2D eigenvalue weighted by Gasteiger charge is 2.28. The summed E-state index contributed by atoms with van der Waals surface area (Å²) in [6, 6.07) is 28.2. The predicted molar refractivity (Wildman–Crippen MR) is 135 cm³/mol. The number of hydrogen-bond donors (Lipinski definition) is 3. The minimum absolute atomic E-state index is 0. The Morgan fingerprint density at radius 2 is 1.18 bits per heavy atom. The monoisotopic (exact) mass is 465 g/mol. The summed E-state index contributed by atoms with van der Waals surface area (Å²) in [5, 5.41) is 6.03. The van der Waals surface area contributed by atoms with Crippen LogP contribution in [-0.4, -0.2) is 24.4 Å². The van der Waals surface area contributed by atoms with Crippen LogP contribution in [0.1, 0.15) is 48.4 Å². The molecule has 0 fully saturated rings. The highest BCUT2D eigenvalue weighted by atomic mass is 35.5. The molecule has 4 N–H and O–H groups in total. The fourth-order valence-electron chi connectivity index (χ4n) is 3.77. The molecule has 0 aliphatic carbocycles. The number of hydrogen-bond acceptors (Lipinski definition) is 3. The molecule has 5 nitrogen and oxygen atoms in total. The zero-order chi connectivity index (χ0) is 22.8. The number of carbonyl (C=O) groups excluding carboxylic acids is 2. The van der Waals surface area contributed by atoms with E-state index in [1.807, 2.05) is 97.9 Å². The van der Waals surface area contributed by atoms with Gasteiger partial charge in [0, 0.05) is 0 Å². The van der Waals surface area contributed by atoms with Crippen LogP contribution < -0.4 is 16.4 Å². The maximum absolute atomic E-state index is 13.5. The average Bonchev–Trinajstić information content (AvgIpc) is 2.83. The summed E-state index contributed by atoms with van der Waals surface area (Å²) in [7, 11) is 0. The number of amides is 2. The molecule has 0 unspecified atom stereocenters. The van der Waals surface area contributed by atoms with Crippen LogP contribution in [0.4, 0.5) is 0 Å². The van der Waals surface area contributed by atoms with E-state index in [2.05, 4.69) is 10.6 Å². The molecule has 2 amide bonds. The van der Waals surface area contributed by atoms with Crippen molar-refractivity contribution in [2.45, 2.75) is 37.8 Å². The summed E-state index contributed by atoms with van der Waals surface area (Å²) < 4.78 is 0. The van der Waals surface area contributed by atoms with E-state index in [0.717, 1.165) is 16.7 Å². The Bertz CT molecular complexity index is 945. The summed E-state index contributed by atoms with van der Waals surface area (Å²) in [4.78, 5) is 26.6. The van der Waals surface area contributed by atoms with Gasteiger partial charge in [-0.15, -0.1) is 12.4 Å². The molecule has 3 aromatic rings. The molecule has 3 rings (SSSR count). The Kier molecular flexibility index (Phi) is 10.6. The summed E-state index contributed by atoms with van der Waals surface area (Å²) in [5.74, 6) is -0.910. The minimum Gasteiger partial charge on any atom is -0.348 e. The number of carbonyl (C=O) groups is 2. The fourth-order valence-corrected chi connectivity index (χ4v) is 3.77. The van der Waals surface area contributed by atoms with E-state index in [9.17, 15) is 9.59 Å². The van der Waals surface area contributed by atoms with Gasteiger partial charge in [-0.2, -0.15) is 0 Å². The number of nitrogens with two attached hydrogens (primary N) is 1. The number of rotatable bonds is 10. The predicted octanol–water partition coefficient (Wildman–Crippen LogP) is 4.34. The van der Waals surface area contributed by atoms with Crippen LogP contribution in [0.25, 0.3) is 0 Å². The van der Waals surface area contributed by atoms with Gasteiger partial charge in [-0.3, -0.25) is 9.59 Å². The molecule has 0 aliphatic heterocycles. The quantitative estimate of drug-likeness (QED) is 0.416. The smallest absolute Gasteiger partial charge is 0.243 e. The first-order chi connectivity index (χ1) is 15.6. The van der Waals surface area contributed by atoms with Gasteiger partial charge < -0.3 is 16.4 Å². The summed E-state index contributed by atoms with van der Waals surface area (Å²) >= 11 is 0. The van der Waals surface area contributed by atoms with Crippen LogP contribution in [0.15, 0.2) is 91.0 Å². The molecule has 0 spiro atoms. The minimum atomic E-state index is -0.660. The van der Waals surface area contributed by atoms with Crippen LogP contribution in [-0.2, 0) is 9.59 Å². The van der Waals surface area contributed by atoms with Gasteiger partial charge in [0.15, 0.2) is 0 Å². The van der Waals surface area contributed by atoms with Gasteiger partial charge in [0.25, 0.3) is 0 Å². The third kappa shape index (κ3) is 7.45. The van der Waals surface area contributed by atoms with Crippen LogP contribution in [0.5, 0.6) is 0 Å². The summed E-state index contributed by atoms with van der Waals surface area (Å²) in [5.41, 5.74) is 8.47. The molecule has 2 atom stereocenters. The number of halogens is 1. The van der Waals surface area contributed by atoms with E-state index in [1.165, 1.54) is 0 Å². The van der Waals surface area contributed by atoms with Crippen LogP contribution in [0, 0.1) is 0 Å². The van der Waals surface area contributed by atoms with Gasteiger partial charge in [-0.1, -0.05) is 91.0 Å². The maximum Gasteiger partial charge on any atom is 0.243 e. The Morgan fingerprint density at radius 3 is 1.64 bits per heavy atom. The van der Waals surface area contributed by atoms with Crippen molar-refractivity contribution in [2.24, 2.45) is 5.73 Å². The second-order valence-electron chi connectivity index (χ2n) is 7.89. The Hall–Kier alpha value is -3.15. The van der Waals surface area contributed by atoms with E-state index in [0.29, 0.717) is 19.4 Å². The van der Waals surface area contributed by atoms with Gasteiger partial charge in [-0.05, 0) is 43.0 Å². The second kappa shape index (κ2) is 13.4. The van der Waals surface area contributed by atoms with E-state index < -0.39 is 12.0 Å². The van der Waals surface area contributed by atoms with Crippen molar-refractivity contribution in [3.8, 4) is 0 Å². The zero-order valence-electron chi connectivity index (χ0n) is 18.8. The van der Waals surface area contributed by atoms with Crippen molar-refractivity contribution in [3.63, 3.8) is 0 Å². The molecule has 0 aromatic heterocycles. The third-order valence-electron chi connectivity index (χ3n) is 5.52. The lowest BCUT2D eigenvalue weighted by molar-refractivity contribution is -0.129. The van der Waals surface area contributed by atoms with Crippen LogP contribution in [0.3, 0.4) is 0 Å². The largest absolute Gasteiger partial charge is 0.348 e. The van der Waals surface area contributed by atoms with Crippen molar-refractivity contribution in [1.29, 1.82) is 0 Å². The molecule has 0 saturated carbocycles. The topological polar surface area (TPSA) is 84.2 Å². The van der Waals surface area contributed by atoms with E-state index >= 15 is 0 Å². The van der Waals surface area contributed by atoms with E-state index in [4.69, 9.17) is 5.73 Å². The van der Waals surface area contributed by atoms with Crippen LogP contribution >= 0.6 is 12.4 Å². The van der Waals surface area contributed by atoms with Gasteiger partial charge in [-0.25, -0.2) is 0 Å². The van der Waals surface area contributed by atoms with Crippen molar-refractivity contribution in [1.82, 2.24) is 10.6 Å². The van der Waals surface area contributed by atoms with E-state index in [1.54, 1.807) is 0 Å². The van der Waals surface area contributed by atoms with Crippen LogP contribution in [0.2, 0.25) is 0 Å². The first-order valence-corrected chi connectivity index (χ1v) is 11.1. The zero-order valence-corrected chi connectivity index (χ0v) is 19.6. The lowest BCUT2D eigenvalue weighted by Gasteiger charge is -2.24. The molecule has 33 heavy (non-hydrogen) atoms. The fraction of sp³-hybridized carbons (Fsp3) is 0.259. The molecule has 3 aromatic carbocycles. The molecule has 0 aliphatic rings. The second-order valence-corrected chi connectivity index (χ2v) is 7.89. The van der Waals surface area contributed by atoms with Crippen molar-refractivity contribution >= 4 is 24.2 Å². The SMILES string of the molecule is C[C@@H](NC(=O)[C@@H](CCCN)NC(=O)C(c1ccccc1)c1ccccc1)c1ccccc1.Cl. The summed E-state index contributed by atoms with van der Waals surface area (Å²) in [6.45, 7) is 2.39. The molecule has 0 saturated heterocycles. The van der Waals surface area contributed by atoms with E-state index in [-0.39, 0.29) is 30.3 Å². The molecular weight excluding hydrogens is 434 g/mol. The van der Waals surface area contributed by atoms with Crippen molar-refractivity contribution in [3.05, 3.63) is 108 Å². The van der Waals surface area contributed by atoms with Gasteiger partial charge >= 0.3 is 0 Å². The van der Waals surface area contributed by atoms with Gasteiger partial charge in [0.2, 0.25) is 11.8 Å². The lowest BCUT2D eigenvalue weighted by Crippen LogP contribution is -2.48. The Labute approximate surface area is 202 Å². The third-order valence-corrected chi connectivity index (χ3v) is 5.52. The maximum atomic E-state index is 13.5. The number of benzene rings is 3. The van der Waals surface area contributed by atoms with Gasteiger partial charge in [0.1, 0.15) is 6.04 Å². The Morgan fingerprint density at radius 1 is 0.727 bits per heavy atom. The molecule has 6 heteroatoms. The molecule has 0 bridgehead atoms. The highest BCUT2D eigenvalue weighted by molar-refractivity contribution is 5.92. The standard InChI is InChI=1S/C27H31N3O2.ClH/c1-20(21-12-5-2-6-13-21)29-26(31)24(18-11-19-28)30-27(32)25(22-14-7-3-8-15-22)23-16-9-4-10-17-23;/h2-10,12-17,20,24-25H,11,18-19,28H2,1H3,(H,29,31)(H,30,32);1H/t20-,24-;/m1./s1. The molecule has 0 heterocycles.